The summed E-state index contributed by atoms with van der Waals surface area (Å²) in [5.74, 6) is -0.824. The van der Waals surface area contributed by atoms with Crippen molar-refractivity contribution in [3.8, 4) is 11.3 Å². The third kappa shape index (κ3) is 5.31. The topological polar surface area (TPSA) is 84.7 Å². The van der Waals surface area contributed by atoms with Crippen LogP contribution in [0.5, 0.6) is 0 Å². The summed E-state index contributed by atoms with van der Waals surface area (Å²) in [6.45, 7) is 6.02. The van der Waals surface area contributed by atoms with E-state index in [1.165, 1.54) is 23.2 Å². The number of hydrogen-bond acceptors (Lipinski definition) is 5. The molecule has 2 amide bonds. The number of carbonyl (C=O) groups excluding carboxylic acids is 2. The lowest BCUT2D eigenvalue weighted by atomic mass is 10.1. The summed E-state index contributed by atoms with van der Waals surface area (Å²) >= 11 is 0. The van der Waals surface area contributed by atoms with Gasteiger partial charge in [0.25, 0.3) is 5.89 Å². The van der Waals surface area contributed by atoms with Gasteiger partial charge in [0.2, 0.25) is 0 Å². The largest absolute Gasteiger partial charge is 0.444 e. The number of halogens is 3. The van der Waals surface area contributed by atoms with Crippen molar-refractivity contribution < 1.29 is 31.9 Å². The predicted molar refractivity (Wildman–Crippen MR) is 101 cm³/mol. The fraction of sp³-hybridized carbons (Fsp3) is 0.450. The number of likely N-dealkylation sites (tertiary alicyclic amines) is 1. The first-order valence-corrected chi connectivity index (χ1v) is 9.34. The second-order valence-corrected chi connectivity index (χ2v) is 7.99. The standard InChI is InChI=1S/C20H22F3N3O4/c1-19(2,3)30-18(28)26-8-7-14(11-26)25-16(27)17-24-10-15(29-17)12-5-4-6-13(9-12)20(21,22)23/h4-6,9-10,14H,7-8,11H2,1-3H3,(H,25,27)/t14-/m1/s1. The van der Waals surface area contributed by atoms with Crippen molar-refractivity contribution in [3.05, 3.63) is 41.9 Å². The molecule has 1 fully saturated rings. The summed E-state index contributed by atoms with van der Waals surface area (Å²) in [5.41, 5.74) is -1.28. The molecular weight excluding hydrogens is 403 g/mol. The first kappa shape index (κ1) is 21.7. The van der Waals surface area contributed by atoms with Gasteiger partial charge in [-0.2, -0.15) is 13.2 Å². The fourth-order valence-electron chi connectivity index (χ4n) is 2.98. The van der Waals surface area contributed by atoms with Crippen LogP contribution in [0.4, 0.5) is 18.0 Å². The molecule has 1 saturated heterocycles. The van der Waals surface area contributed by atoms with Crippen molar-refractivity contribution in [2.75, 3.05) is 13.1 Å². The average Bonchev–Trinajstić information content (AvgIpc) is 3.29. The van der Waals surface area contributed by atoms with Gasteiger partial charge in [-0.1, -0.05) is 12.1 Å². The minimum atomic E-state index is -4.49. The zero-order valence-electron chi connectivity index (χ0n) is 16.7. The van der Waals surface area contributed by atoms with Gasteiger partial charge in [-0.25, -0.2) is 9.78 Å². The van der Waals surface area contributed by atoms with E-state index in [4.69, 9.17) is 9.15 Å². The Morgan fingerprint density at radius 1 is 1.27 bits per heavy atom. The van der Waals surface area contributed by atoms with Gasteiger partial charge >= 0.3 is 18.2 Å². The lowest BCUT2D eigenvalue weighted by Crippen LogP contribution is -2.40. The SMILES string of the molecule is CC(C)(C)OC(=O)N1CC[C@@H](NC(=O)c2ncc(-c3cccc(C(F)(F)F)c3)o2)C1. The quantitative estimate of drug-likeness (QED) is 0.801. The zero-order valence-corrected chi connectivity index (χ0v) is 16.7. The number of carbonyl (C=O) groups is 2. The molecule has 0 spiro atoms. The first-order valence-electron chi connectivity index (χ1n) is 9.34. The number of aromatic nitrogens is 1. The highest BCUT2D eigenvalue weighted by Crippen LogP contribution is 2.32. The van der Waals surface area contributed by atoms with Gasteiger partial charge < -0.3 is 19.4 Å². The van der Waals surface area contributed by atoms with E-state index in [9.17, 15) is 22.8 Å². The molecule has 0 aliphatic carbocycles. The Hall–Kier alpha value is -3.04. The number of ether oxygens (including phenoxy) is 1. The third-order valence-corrected chi connectivity index (χ3v) is 4.35. The molecule has 1 aromatic carbocycles. The van der Waals surface area contributed by atoms with Crippen LogP contribution in [0, 0.1) is 0 Å². The van der Waals surface area contributed by atoms with E-state index < -0.39 is 29.3 Å². The van der Waals surface area contributed by atoms with E-state index in [2.05, 4.69) is 10.3 Å². The first-order chi connectivity index (χ1) is 13.9. The van der Waals surface area contributed by atoms with Gasteiger partial charge in [0.15, 0.2) is 5.76 Å². The third-order valence-electron chi connectivity index (χ3n) is 4.35. The van der Waals surface area contributed by atoms with Crippen molar-refractivity contribution in [2.45, 2.75) is 45.0 Å². The number of hydrogen-bond donors (Lipinski definition) is 1. The molecule has 30 heavy (non-hydrogen) atoms. The van der Waals surface area contributed by atoms with Gasteiger partial charge in [0.1, 0.15) is 5.60 Å². The van der Waals surface area contributed by atoms with Crippen molar-refractivity contribution in [3.63, 3.8) is 0 Å². The van der Waals surface area contributed by atoms with E-state index >= 15 is 0 Å². The van der Waals surface area contributed by atoms with Crippen molar-refractivity contribution in [1.29, 1.82) is 0 Å². The summed E-state index contributed by atoms with van der Waals surface area (Å²) in [6, 6.07) is 4.26. The number of nitrogens with one attached hydrogen (secondary N) is 1. The van der Waals surface area contributed by atoms with Crippen LogP contribution in [0.1, 0.15) is 43.4 Å². The second kappa shape index (κ2) is 8.00. The normalized spacial score (nSPS) is 17.1. The van der Waals surface area contributed by atoms with Crippen LogP contribution in [0.15, 0.2) is 34.9 Å². The average molecular weight is 425 g/mol. The summed E-state index contributed by atoms with van der Waals surface area (Å²) in [5, 5.41) is 2.72. The fourth-order valence-corrected chi connectivity index (χ4v) is 2.98. The maximum atomic E-state index is 12.9. The van der Waals surface area contributed by atoms with E-state index in [-0.39, 0.29) is 29.8 Å². The monoisotopic (exact) mass is 425 g/mol. The lowest BCUT2D eigenvalue weighted by Gasteiger charge is -2.24. The maximum Gasteiger partial charge on any atom is 0.416 e. The zero-order chi connectivity index (χ0) is 22.1. The van der Waals surface area contributed by atoms with Gasteiger partial charge in [0.05, 0.1) is 11.8 Å². The molecule has 1 atom stereocenters. The Balaban J connectivity index is 1.62. The Bertz CT molecular complexity index is 934. The van der Waals surface area contributed by atoms with Gasteiger partial charge in [-0.15, -0.1) is 0 Å². The smallest absolute Gasteiger partial charge is 0.416 e. The van der Waals surface area contributed by atoms with Gasteiger partial charge in [0, 0.05) is 24.7 Å². The van der Waals surface area contributed by atoms with Crippen LogP contribution in [0.3, 0.4) is 0 Å². The second-order valence-electron chi connectivity index (χ2n) is 7.99. The lowest BCUT2D eigenvalue weighted by molar-refractivity contribution is -0.137. The highest BCUT2D eigenvalue weighted by Gasteiger charge is 2.32. The molecule has 1 aliphatic heterocycles. The molecule has 7 nitrogen and oxygen atoms in total. The van der Waals surface area contributed by atoms with Gasteiger partial charge in [-0.3, -0.25) is 4.79 Å². The number of rotatable bonds is 3. The highest BCUT2D eigenvalue weighted by atomic mass is 19.4. The summed E-state index contributed by atoms with van der Waals surface area (Å²) in [7, 11) is 0. The van der Waals surface area contributed by atoms with E-state index in [0.29, 0.717) is 13.0 Å². The molecular formula is C20H22F3N3O4. The predicted octanol–water partition coefficient (Wildman–Crippen LogP) is 4.10. The minimum absolute atomic E-state index is 0.0491. The van der Waals surface area contributed by atoms with Crippen molar-refractivity contribution >= 4 is 12.0 Å². The summed E-state index contributed by atoms with van der Waals surface area (Å²) in [6.07, 6.45) is -3.21. The molecule has 0 bridgehead atoms. The van der Waals surface area contributed by atoms with Crippen LogP contribution < -0.4 is 5.32 Å². The minimum Gasteiger partial charge on any atom is -0.444 e. The van der Waals surface area contributed by atoms with Crippen LogP contribution >= 0.6 is 0 Å². The van der Waals surface area contributed by atoms with E-state index in [1.54, 1.807) is 20.8 Å². The molecule has 1 aliphatic rings. The van der Waals surface area contributed by atoms with Crippen molar-refractivity contribution in [2.24, 2.45) is 0 Å². The summed E-state index contributed by atoms with van der Waals surface area (Å²) in [4.78, 5) is 29.9. The summed E-state index contributed by atoms with van der Waals surface area (Å²) < 4.78 is 49.3. The molecule has 1 aromatic heterocycles. The number of benzene rings is 1. The number of amides is 2. The molecule has 3 rings (SSSR count). The van der Waals surface area contributed by atoms with E-state index in [1.807, 2.05) is 0 Å². The maximum absolute atomic E-state index is 12.9. The number of oxazole rings is 1. The van der Waals surface area contributed by atoms with E-state index in [0.717, 1.165) is 12.1 Å². The number of nitrogens with zero attached hydrogens (tertiary/aromatic N) is 2. The van der Waals surface area contributed by atoms with Crippen molar-refractivity contribution in [1.82, 2.24) is 15.2 Å². The molecule has 0 unspecified atom stereocenters. The Morgan fingerprint density at radius 2 is 2.00 bits per heavy atom. The Labute approximate surface area is 171 Å². The Kier molecular flexibility index (Phi) is 5.78. The van der Waals surface area contributed by atoms with Crippen LogP contribution in [0.25, 0.3) is 11.3 Å². The van der Waals surface area contributed by atoms with Crippen LogP contribution in [-0.4, -0.2) is 46.6 Å². The molecule has 0 radical (unpaired) electrons. The molecule has 1 N–H and O–H groups in total. The molecule has 162 valence electrons. The number of alkyl halides is 3. The van der Waals surface area contributed by atoms with Crippen LogP contribution in [-0.2, 0) is 10.9 Å². The molecule has 10 heteroatoms. The molecule has 0 saturated carbocycles. The van der Waals surface area contributed by atoms with Crippen LogP contribution in [0.2, 0.25) is 0 Å². The molecule has 2 aromatic rings. The highest BCUT2D eigenvalue weighted by molar-refractivity contribution is 5.90. The van der Waals surface area contributed by atoms with Gasteiger partial charge in [-0.05, 0) is 39.3 Å². The Morgan fingerprint density at radius 3 is 2.67 bits per heavy atom. The molecule has 2 heterocycles.